The van der Waals surface area contributed by atoms with Crippen molar-refractivity contribution in [2.24, 2.45) is 0 Å². The van der Waals surface area contributed by atoms with E-state index in [2.05, 4.69) is 9.88 Å². The highest BCUT2D eigenvalue weighted by Crippen LogP contribution is 2.20. The average Bonchev–Trinajstić information content (AvgIpc) is 3.12. The number of hydrogen-bond acceptors (Lipinski definition) is 5. The first kappa shape index (κ1) is 15.8. The monoisotopic (exact) mass is 347 g/mol. The number of aromatic amines is 1. The SMILES string of the molecule is O=c1c2cc(N3CCOCC3)ccc2[nH]c(=S)n1CC1CCCO1. The van der Waals surface area contributed by atoms with E-state index in [0.717, 1.165) is 57.0 Å². The molecule has 4 rings (SSSR count). The summed E-state index contributed by atoms with van der Waals surface area (Å²) in [6.45, 7) is 4.42. The zero-order chi connectivity index (χ0) is 16.5. The van der Waals surface area contributed by atoms with Gasteiger partial charge in [-0.15, -0.1) is 0 Å². The van der Waals surface area contributed by atoms with E-state index in [-0.39, 0.29) is 11.7 Å². The lowest BCUT2D eigenvalue weighted by molar-refractivity contribution is 0.0957. The molecule has 1 aromatic heterocycles. The minimum atomic E-state index is -0.0423. The topological polar surface area (TPSA) is 59.5 Å². The molecular formula is C17H21N3O3S. The van der Waals surface area contributed by atoms with Gasteiger partial charge in [-0.2, -0.15) is 0 Å². The summed E-state index contributed by atoms with van der Waals surface area (Å²) in [5, 5.41) is 0.672. The van der Waals surface area contributed by atoms with Crippen LogP contribution in [0.4, 0.5) is 5.69 Å². The smallest absolute Gasteiger partial charge is 0.262 e. The van der Waals surface area contributed by atoms with Crippen molar-refractivity contribution in [2.45, 2.75) is 25.5 Å². The molecule has 3 heterocycles. The van der Waals surface area contributed by atoms with Gasteiger partial charge in [-0.3, -0.25) is 9.36 Å². The van der Waals surface area contributed by atoms with Crippen LogP contribution in [0.15, 0.2) is 23.0 Å². The molecule has 1 N–H and O–H groups in total. The van der Waals surface area contributed by atoms with Crippen molar-refractivity contribution in [2.75, 3.05) is 37.8 Å². The fourth-order valence-electron chi connectivity index (χ4n) is 3.41. The van der Waals surface area contributed by atoms with Gasteiger partial charge in [0, 0.05) is 25.4 Å². The molecule has 7 heteroatoms. The van der Waals surface area contributed by atoms with Crippen LogP contribution in [0.3, 0.4) is 0 Å². The van der Waals surface area contributed by atoms with E-state index in [0.29, 0.717) is 16.7 Å². The molecule has 0 radical (unpaired) electrons. The molecule has 2 aromatic rings. The number of rotatable bonds is 3. The molecule has 1 unspecified atom stereocenters. The predicted octanol–water partition coefficient (Wildman–Crippen LogP) is 2.07. The molecule has 0 saturated carbocycles. The Labute approximate surface area is 145 Å². The molecule has 1 atom stereocenters. The minimum Gasteiger partial charge on any atom is -0.378 e. The number of H-pyrrole nitrogens is 1. The molecule has 2 saturated heterocycles. The Bertz CT molecular complexity index is 848. The van der Waals surface area contributed by atoms with E-state index in [1.165, 1.54) is 0 Å². The molecule has 2 aliphatic rings. The fourth-order valence-corrected chi connectivity index (χ4v) is 3.68. The molecule has 0 amide bonds. The quantitative estimate of drug-likeness (QED) is 0.862. The second-order valence-corrected chi connectivity index (χ2v) is 6.70. The lowest BCUT2D eigenvalue weighted by Crippen LogP contribution is -2.36. The number of ether oxygens (including phenoxy) is 2. The van der Waals surface area contributed by atoms with Crippen LogP contribution < -0.4 is 10.5 Å². The maximum absolute atomic E-state index is 12.9. The predicted molar refractivity (Wildman–Crippen MR) is 95.4 cm³/mol. The molecule has 1 aromatic carbocycles. The Morgan fingerprint density at radius 3 is 2.83 bits per heavy atom. The molecule has 6 nitrogen and oxygen atoms in total. The number of nitrogens with zero attached hydrogens (tertiary/aromatic N) is 2. The summed E-state index contributed by atoms with van der Waals surface area (Å²) < 4.78 is 13.2. The Balaban J connectivity index is 1.74. The van der Waals surface area contributed by atoms with Crippen LogP contribution in [-0.2, 0) is 16.0 Å². The van der Waals surface area contributed by atoms with Crippen LogP contribution in [0.1, 0.15) is 12.8 Å². The van der Waals surface area contributed by atoms with Crippen LogP contribution in [0.25, 0.3) is 10.9 Å². The van der Waals surface area contributed by atoms with Crippen molar-refractivity contribution in [3.63, 3.8) is 0 Å². The Morgan fingerprint density at radius 1 is 1.25 bits per heavy atom. The lowest BCUT2D eigenvalue weighted by Gasteiger charge is -2.29. The molecule has 0 aliphatic carbocycles. The van der Waals surface area contributed by atoms with Crippen LogP contribution in [-0.4, -0.2) is 48.6 Å². The third kappa shape index (κ3) is 2.99. The van der Waals surface area contributed by atoms with Crippen molar-refractivity contribution < 1.29 is 9.47 Å². The zero-order valence-corrected chi connectivity index (χ0v) is 14.3. The summed E-state index contributed by atoms with van der Waals surface area (Å²) in [6, 6.07) is 5.93. The van der Waals surface area contributed by atoms with Gasteiger partial charge in [-0.1, -0.05) is 0 Å². The van der Waals surface area contributed by atoms with Gasteiger partial charge in [-0.25, -0.2) is 0 Å². The van der Waals surface area contributed by atoms with Crippen molar-refractivity contribution in [1.29, 1.82) is 0 Å². The summed E-state index contributed by atoms with van der Waals surface area (Å²) in [4.78, 5) is 18.4. The number of benzene rings is 1. The molecule has 0 spiro atoms. The fraction of sp³-hybridized carbons (Fsp3) is 0.529. The van der Waals surface area contributed by atoms with Crippen molar-refractivity contribution in [1.82, 2.24) is 9.55 Å². The van der Waals surface area contributed by atoms with Gasteiger partial charge in [-0.05, 0) is 43.3 Å². The first-order valence-electron chi connectivity index (χ1n) is 8.43. The van der Waals surface area contributed by atoms with Crippen LogP contribution in [0.5, 0.6) is 0 Å². The molecule has 2 fully saturated rings. The second-order valence-electron chi connectivity index (χ2n) is 6.31. The normalized spacial score (nSPS) is 21.5. The van der Waals surface area contributed by atoms with Gasteiger partial charge >= 0.3 is 0 Å². The van der Waals surface area contributed by atoms with E-state index < -0.39 is 0 Å². The van der Waals surface area contributed by atoms with Crippen LogP contribution >= 0.6 is 12.2 Å². The van der Waals surface area contributed by atoms with E-state index in [9.17, 15) is 4.79 Å². The lowest BCUT2D eigenvalue weighted by atomic mass is 10.2. The number of fused-ring (bicyclic) bond motifs is 1. The Kier molecular flexibility index (Phi) is 4.39. The number of anilines is 1. The van der Waals surface area contributed by atoms with Gasteiger partial charge in [0.2, 0.25) is 0 Å². The van der Waals surface area contributed by atoms with Gasteiger partial charge in [0.15, 0.2) is 4.77 Å². The number of morpholine rings is 1. The minimum absolute atomic E-state index is 0.0423. The summed E-state index contributed by atoms with van der Waals surface area (Å²) in [5.74, 6) is 0. The zero-order valence-electron chi connectivity index (χ0n) is 13.5. The van der Waals surface area contributed by atoms with Crippen molar-refractivity contribution in [3.8, 4) is 0 Å². The maximum atomic E-state index is 12.9. The maximum Gasteiger partial charge on any atom is 0.262 e. The number of nitrogens with one attached hydrogen (secondary N) is 1. The third-order valence-corrected chi connectivity index (χ3v) is 5.07. The van der Waals surface area contributed by atoms with E-state index >= 15 is 0 Å². The summed E-state index contributed by atoms with van der Waals surface area (Å²) in [6.07, 6.45) is 2.11. The molecule has 0 bridgehead atoms. The van der Waals surface area contributed by atoms with Crippen LogP contribution in [0.2, 0.25) is 0 Å². The summed E-state index contributed by atoms with van der Waals surface area (Å²) in [5.41, 5.74) is 1.79. The van der Waals surface area contributed by atoms with E-state index in [1.807, 2.05) is 18.2 Å². The summed E-state index contributed by atoms with van der Waals surface area (Å²) in [7, 11) is 0. The van der Waals surface area contributed by atoms with Crippen molar-refractivity contribution >= 4 is 28.8 Å². The van der Waals surface area contributed by atoms with Crippen LogP contribution in [0, 0.1) is 4.77 Å². The molecule has 2 aliphatic heterocycles. The highest BCUT2D eigenvalue weighted by atomic mass is 32.1. The first-order chi connectivity index (χ1) is 11.7. The highest BCUT2D eigenvalue weighted by molar-refractivity contribution is 7.71. The first-order valence-corrected chi connectivity index (χ1v) is 8.84. The number of aromatic nitrogens is 2. The second kappa shape index (κ2) is 6.66. The largest absolute Gasteiger partial charge is 0.378 e. The number of hydrogen-bond donors (Lipinski definition) is 1. The van der Waals surface area contributed by atoms with E-state index in [4.69, 9.17) is 21.7 Å². The molecule has 128 valence electrons. The van der Waals surface area contributed by atoms with Gasteiger partial charge in [0.05, 0.1) is 36.8 Å². The Hall–Kier alpha value is -1.70. The van der Waals surface area contributed by atoms with Gasteiger partial charge < -0.3 is 19.4 Å². The third-order valence-electron chi connectivity index (χ3n) is 4.75. The highest BCUT2D eigenvalue weighted by Gasteiger charge is 2.18. The van der Waals surface area contributed by atoms with Gasteiger partial charge in [0.1, 0.15) is 0 Å². The molecular weight excluding hydrogens is 326 g/mol. The Morgan fingerprint density at radius 2 is 2.08 bits per heavy atom. The average molecular weight is 347 g/mol. The standard InChI is InChI=1S/C17H21N3O3S/c21-16-14-10-12(19-5-8-22-9-6-19)3-4-15(14)18-17(24)20(16)11-13-2-1-7-23-13/h3-4,10,13H,1-2,5-9,11H2,(H,18,24). The van der Waals surface area contributed by atoms with Gasteiger partial charge in [0.25, 0.3) is 5.56 Å². The van der Waals surface area contributed by atoms with E-state index in [1.54, 1.807) is 4.57 Å². The summed E-state index contributed by atoms with van der Waals surface area (Å²) >= 11 is 5.38. The van der Waals surface area contributed by atoms with Crippen molar-refractivity contribution in [3.05, 3.63) is 33.3 Å². The molecule has 24 heavy (non-hydrogen) atoms.